The van der Waals surface area contributed by atoms with Gasteiger partial charge >= 0.3 is 4.87 Å². The highest BCUT2D eigenvalue weighted by atomic mass is 35.5. The zero-order valence-corrected chi connectivity index (χ0v) is 11.7. The topological polar surface area (TPSA) is 54.1 Å². The number of aromatic nitrogens is 1. The summed E-state index contributed by atoms with van der Waals surface area (Å²) in [7, 11) is 0. The molecule has 0 unspecified atom stereocenters. The Labute approximate surface area is 119 Å². The Morgan fingerprint density at radius 3 is 3.11 bits per heavy atom. The van der Waals surface area contributed by atoms with Crippen molar-refractivity contribution in [2.24, 2.45) is 0 Å². The van der Waals surface area contributed by atoms with E-state index in [0.29, 0.717) is 13.1 Å². The van der Waals surface area contributed by atoms with Gasteiger partial charge in [-0.25, -0.2) is 0 Å². The average Bonchev–Trinajstić information content (AvgIpc) is 2.98. The zero-order chi connectivity index (χ0) is 13.2. The lowest BCUT2D eigenvalue weighted by Gasteiger charge is -2.09. The molecule has 0 amide bonds. The van der Waals surface area contributed by atoms with Crippen LogP contribution in [0.4, 0.5) is 0 Å². The predicted molar refractivity (Wildman–Crippen MR) is 76.1 cm³/mol. The summed E-state index contributed by atoms with van der Waals surface area (Å²) < 4.78 is 5.64. The third kappa shape index (κ3) is 2.83. The fourth-order valence-corrected chi connectivity index (χ4v) is 3.05. The van der Waals surface area contributed by atoms with Crippen LogP contribution in [-0.2, 0) is 19.5 Å². The molecule has 3 rings (SSSR count). The lowest BCUT2D eigenvalue weighted by molar-refractivity contribution is 0.352. The van der Waals surface area contributed by atoms with Gasteiger partial charge in [-0.15, -0.1) is 0 Å². The summed E-state index contributed by atoms with van der Waals surface area (Å²) in [6, 6.07) is 3.89. The van der Waals surface area contributed by atoms with E-state index in [1.807, 2.05) is 17.5 Å². The van der Waals surface area contributed by atoms with Crippen LogP contribution in [0.1, 0.15) is 16.8 Å². The molecule has 2 heterocycles. The molecule has 0 saturated carbocycles. The Balaban J connectivity index is 1.68. The van der Waals surface area contributed by atoms with E-state index >= 15 is 0 Å². The molecule has 0 saturated heterocycles. The molecular weight excluding hydrogens is 284 g/mol. The van der Waals surface area contributed by atoms with E-state index in [0.717, 1.165) is 35.1 Å². The number of nitrogens with one attached hydrogen (secondary N) is 2. The Morgan fingerprint density at radius 1 is 1.42 bits per heavy atom. The monoisotopic (exact) mass is 296 g/mol. The first kappa shape index (κ1) is 12.7. The summed E-state index contributed by atoms with van der Waals surface area (Å²) in [5.41, 5.74) is 3.14. The van der Waals surface area contributed by atoms with Crippen LogP contribution in [0, 0.1) is 0 Å². The molecule has 6 heteroatoms. The normalized spacial score (nSPS) is 13.3. The number of ether oxygens (including phenoxy) is 1. The van der Waals surface area contributed by atoms with E-state index in [2.05, 4.69) is 10.3 Å². The molecule has 0 spiro atoms. The smallest absolute Gasteiger partial charge is 0.304 e. The van der Waals surface area contributed by atoms with Crippen LogP contribution in [0.3, 0.4) is 0 Å². The largest absolute Gasteiger partial charge is 0.493 e. The quantitative estimate of drug-likeness (QED) is 0.910. The second kappa shape index (κ2) is 5.36. The van der Waals surface area contributed by atoms with Gasteiger partial charge < -0.3 is 15.0 Å². The van der Waals surface area contributed by atoms with E-state index in [9.17, 15) is 4.79 Å². The number of halogens is 1. The van der Waals surface area contributed by atoms with Gasteiger partial charge in [-0.2, -0.15) is 0 Å². The van der Waals surface area contributed by atoms with Crippen LogP contribution in [0.5, 0.6) is 5.75 Å². The van der Waals surface area contributed by atoms with Crippen molar-refractivity contribution in [1.82, 2.24) is 10.3 Å². The van der Waals surface area contributed by atoms with Crippen LogP contribution in [-0.4, -0.2) is 11.6 Å². The highest BCUT2D eigenvalue weighted by molar-refractivity contribution is 7.07. The van der Waals surface area contributed by atoms with Gasteiger partial charge in [-0.3, -0.25) is 4.79 Å². The number of thiazole rings is 1. The molecule has 0 aliphatic carbocycles. The van der Waals surface area contributed by atoms with E-state index < -0.39 is 0 Å². The SMILES string of the molecule is O=c1[nH]c(CNCc2cc(Cl)cc3c2OCC3)cs1. The molecule has 1 aromatic heterocycles. The van der Waals surface area contributed by atoms with Gasteiger partial charge in [-0.05, 0) is 17.7 Å². The maximum atomic E-state index is 11.0. The van der Waals surface area contributed by atoms with Crippen molar-refractivity contribution in [3.05, 3.63) is 49.0 Å². The van der Waals surface area contributed by atoms with Crippen LogP contribution < -0.4 is 14.9 Å². The molecule has 4 nitrogen and oxygen atoms in total. The maximum Gasteiger partial charge on any atom is 0.304 e. The average molecular weight is 297 g/mol. The molecule has 0 atom stereocenters. The van der Waals surface area contributed by atoms with Crippen molar-refractivity contribution in [2.75, 3.05) is 6.61 Å². The molecule has 2 N–H and O–H groups in total. The molecule has 0 fully saturated rings. The van der Waals surface area contributed by atoms with E-state index in [1.165, 1.54) is 16.9 Å². The minimum atomic E-state index is -0.0243. The van der Waals surface area contributed by atoms with E-state index in [1.54, 1.807) is 0 Å². The highest BCUT2D eigenvalue weighted by Gasteiger charge is 2.17. The van der Waals surface area contributed by atoms with Gasteiger partial charge in [0.25, 0.3) is 0 Å². The van der Waals surface area contributed by atoms with Gasteiger partial charge in [0.05, 0.1) is 6.61 Å². The molecule has 1 aliphatic rings. The van der Waals surface area contributed by atoms with Crippen LogP contribution in [0.2, 0.25) is 5.02 Å². The third-order valence-corrected chi connectivity index (χ3v) is 3.96. The van der Waals surface area contributed by atoms with Gasteiger partial charge in [-0.1, -0.05) is 22.9 Å². The first-order valence-electron chi connectivity index (χ1n) is 6.04. The number of fused-ring (bicyclic) bond motifs is 1. The highest BCUT2D eigenvalue weighted by Crippen LogP contribution is 2.32. The van der Waals surface area contributed by atoms with Crippen molar-refractivity contribution in [3.63, 3.8) is 0 Å². The lowest BCUT2D eigenvalue weighted by atomic mass is 10.1. The van der Waals surface area contributed by atoms with Crippen LogP contribution >= 0.6 is 22.9 Å². The second-order valence-corrected chi connectivity index (χ2v) is 5.71. The summed E-state index contributed by atoms with van der Waals surface area (Å²) >= 11 is 7.27. The summed E-state index contributed by atoms with van der Waals surface area (Å²) in [6.45, 7) is 2.02. The van der Waals surface area contributed by atoms with Gasteiger partial charge in [0.15, 0.2) is 0 Å². The van der Waals surface area contributed by atoms with Crippen molar-refractivity contribution in [1.29, 1.82) is 0 Å². The fourth-order valence-electron chi connectivity index (χ4n) is 2.21. The van der Waals surface area contributed by atoms with Gasteiger partial charge in [0.1, 0.15) is 5.75 Å². The van der Waals surface area contributed by atoms with Gasteiger partial charge in [0, 0.05) is 41.2 Å². The standard InChI is InChI=1S/C13H13ClN2O2S/c14-10-3-8-1-2-18-12(8)9(4-10)5-15-6-11-7-19-13(17)16-11/h3-4,7,15H,1-2,5-6H2,(H,16,17). The lowest BCUT2D eigenvalue weighted by Crippen LogP contribution is -2.14. The maximum absolute atomic E-state index is 11.0. The van der Waals surface area contributed by atoms with E-state index in [4.69, 9.17) is 16.3 Å². The molecule has 1 aromatic carbocycles. The molecule has 1 aliphatic heterocycles. The molecule has 0 radical (unpaired) electrons. The van der Waals surface area contributed by atoms with Crippen molar-refractivity contribution in [2.45, 2.75) is 19.5 Å². The third-order valence-electron chi connectivity index (χ3n) is 3.03. The number of H-pyrrole nitrogens is 1. The first-order valence-corrected chi connectivity index (χ1v) is 7.29. The van der Waals surface area contributed by atoms with Crippen molar-refractivity contribution < 1.29 is 4.74 Å². The Morgan fingerprint density at radius 2 is 2.32 bits per heavy atom. The molecule has 0 bridgehead atoms. The zero-order valence-electron chi connectivity index (χ0n) is 10.2. The summed E-state index contributed by atoms with van der Waals surface area (Å²) in [6.07, 6.45) is 0.917. The molecule has 100 valence electrons. The van der Waals surface area contributed by atoms with Gasteiger partial charge in [0.2, 0.25) is 0 Å². The summed E-state index contributed by atoms with van der Waals surface area (Å²) in [5, 5.41) is 5.85. The number of hydrogen-bond donors (Lipinski definition) is 2. The number of benzene rings is 1. The number of rotatable bonds is 4. The van der Waals surface area contributed by atoms with Crippen molar-refractivity contribution in [3.8, 4) is 5.75 Å². The van der Waals surface area contributed by atoms with E-state index in [-0.39, 0.29) is 4.87 Å². The Bertz CT molecular complexity index is 650. The Kier molecular flexibility index (Phi) is 3.59. The summed E-state index contributed by atoms with van der Waals surface area (Å²) in [4.78, 5) is 13.8. The molecular formula is C13H13ClN2O2S. The Hall–Kier alpha value is -1.30. The molecule has 19 heavy (non-hydrogen) atoms. The van der Waals surface area contributed by atoms with Crippen LogP contribution in [0.15, 0.2) is 22.3 Å². The summed E-state index contributed by atoms with van der Waals surface area (Å²) in [5.74, 6) is 0.954. The minimum absolute atomic E-state index is 0.0243. The first-order chi connectivity index (χ1) is 9.22. The van der Waals surface area contributed by atoms with Crippen molar-refractivity contribution >= 4 is 22.9 Å². The van der Waals surface area contributed by atoms with Crippen LogP contribution in [0.25, 0.3) is 0 Å². The minimum Gasteiger partial charge on any atom is -0.493 e. The predicted octanol–water partition coefficient (Wildman–Crippen LogP) is 2.31. The second-order valence-electron chi connectivity index (χ2n) is 4.43. The fraction of sp³-hybridized carbons (Fsp3) is 0.308. The molecule has 2 aromatic rings. The number of aromatic amines is 1. The number of hydrogen-bond acceptors (Lipinski definition) is 4.